The second-order valence-electron chi connectivity index (χ2n) is 5.20. The first-order chi connectivity index (χ1) is 10.2. The first kappa shape index (κ1) is 15.6. The summed E-state index contributed by atoms with van der Waals surface area (Å²) in [6.45, 7) is 3.11. The molecule has 0 spiro atoms. The van der Waals surface area contributed by atoms with Gasteiger partial charge in [-0.05, 0) is 38.7 Å². The summed E-state index contributed by atoms with van der Waals surface area (Å²) in [5, 5.41) is 20.1. The summed E-state index contributed by atoms with van der Waals surface area (Å²) in [6, 6.07) is 5.49. The minimum Gasteiger partial charge on any atom is -0.487 e. The standard InChI is InChI=1S/C15H22N2O4/c1-2-21-15-11-13(7-8-14(15)17(19)20)16(9-4-10-18)12-5-3-6-12/h7-8,11-12,18H,2-6,9-10H2,1H3. The number of anilines is 1. The van der Waals surface area contributed by atoms with E-state index in [-0.39, 0.29) is 12.3 Å². The first-order valence-corrected chi connectivity index (χ1v) is 7.46. The Bertz CT molecular complexity index is 489. The minimum atomic E-state index is -0.420. The van der Waals surface area contributed by atoms with Crippen LogP contribution in [0.5, 0.6) is 5.75 Å². The van der Waals surface area contributed by atoms with Crippen LogP contribution in [0.4, 0.5) is 11.4 Å². The second kappa shape index (κ2) is 7.26. The Kier molecular flexibility index (Phi) is 5.38. The van der Waals surface area contributed by atoms with E-state index in [0.29, 0.717) is 24.8 Å². The molecular weight excluding hydrogens is 272 g/mol. The summed E-state index contributed by atoms with van der Waals surface area (Å²) >= 11 is 0. The van der Waals surface area contributed by atoms with Crippen LogP contribution in [0, 0.1) is 10.1 Å². The van der Waals surface area contributed by atoms with Gasteiger partial charge in [-0.1, -0.05) is 0 Å². The van der Waals surface area contributed by atoms with Gasteiger partial charge in [-0.3, -0.25) is 10.1 Å². The van der Waals surface area contributed by atoms with E-state index < -0.39 is 4.92 Å². The highest BCUT2D eigenvalue weighted by molar-refractivity contribution is 5.60. The molecule has 21 heavy (non-hydrogen) atoms. The molecule has 116 valence electrons. The maximum Gasteiger partial charge on any atom is 0.311 e. The summed E-state index contributed by atoms with van der Waals surface area (Å²) in [6.07, 6.45) is 4.17. The monoisotopic (exact) mass is 294 g/mol. The van der Waals surface area contributed by atoms with Gasteiger partial charge in [-0.15, -0.1) is 0 Å². The van der Waals surface area contributed by atoms with Crippen LogP contribution in [0.3, 0.4) is 0 Å². The van der Waals surface area contributed by atoms with Gasteiger partial charge in [0.05, 0.1) is 11.5 Å². The molecule has 0 radical (unpaired) electrons. The van der Waals surface area contributed by atoms with Gasteiger partial charge in [0.15, 0.2) is 5.75 Å². The zero-order chi connectivity index (χ0) is 15.2. The van der Waals surface area contributed by atoms with Gasteiger partial charge < -0.3 is 14.7 Å². The molecule has 6 heteroatoms. The quantitative estimate of drug-likeness (QED) is 0.589. The molecule has 0 unspecified atom stereocenters. The lowest BCUT2D eigenvalue weighted by atomic mass is 9.91. The Morgan fingerprint density at radius 3 is 2.76 bits per heavy atom. The fourth-order valence-electron chi connectivity index (χ4n) is 2.57. The van der Waals surface area contributed by atoms with Gasteiger partial charge in [0.1, 0.15) is 0 Å². The van der Waals surface area contributed by atoms with Crippen LogP contribution in [0.1, 0.15) is 32.6 Å². The van der Waals surface area contributed by atoms with Gasteiger partial charge in [0.2, 0.25) is 0 Å². The number of hydrogen-bond acceptors (Lipinski definition) is 5. The maximum absolute atomic E-state index is 11.0. The van der Waals surface area contributed by atoms with E-state index in [0.717, 1.165) is 25.1 Å². The van der Waals surface area contributed by atoms with Crippen molar-refractivity contribution in [3.8, 4) is 5.75 Å². The van der Waals surface area contributed by atoms with Crippen LogP contribution in [0.25, 0.3) is 0 Å². The van der Waals surface area contributed by atoms with Crippen molar-refractivity contribution in [1.82, 2.24) is 0 Å². The number of aliphatic hydroxyl groups excluding tert-OH is 1. The highest BCUT2D eigenvalue weighted by atomic mass is 16.6. The smallest absolute Gasteiger partial charge is 0.311 e. The van der Waals surface area contributed by atoms with Crippen molar-refractivity contribution in [2.45, 2.75) is 38.6 Å². The third-order valence-corrected chi connectivity index (χ3v) is 3.84. The topological polar surface area (TPSA) is 75.8 Å². The molecule has 1 N–H and O–H groups in total. The minimum absolute atomic E-state index is 0.00341. The molecule has 0 saturated heterocycles. The number of nitro groups is 1. The lowest BCUT2D eigenvalue weighted by Crippen LogP contribution is -2.41. The predicted octanol–water partition coefficient (Wildman–Crippen LogP) is 2.73. The molecule has 2 rings (SSSR count). The summed E-state index contributed by atoms with van der Waals surface area (Å²) < 4.78 is 5.41. The van der Waals surface area contributed by atoms with Crippen LogP contribution in [-0.4, -0.2) is 35.8 Å². The summed E-state index contributed by atoms with van der Waals surface area (Å²) in [5.74, 6) is 0.313. The summed E-state index contributed by atoms with van der Waals surface area (Å²) in [5.41, 5.74) is 0.929. The van der Waals surface area contributed by atoms with E-state index in [9.17, 15) is 10.1 Å². The van der Waals surface area contributed by atoms with Crippen molar-refractivity contribution in [1.29, 1.82) is 0 Å². The van der Waals surface area contributed by atoms with Gasteiger partial charge in [0, 0.05) is 37.0 Å². The fraction of sp³-hybridized carbons (Fsp3) is 0.600. The maximum atomic E-state index is 11.0. The highest BCUT2D eigenvalue weighted by Gasteiger charge is 2.26. The van der Waals surface area contributed by atoms with Gasteiger partial charge in [-0.25, -0.2) is 0 Å². The molecule has 1 fully saturated rings. The third kappa shape index (κ3) is 3.64. The molecule has 0 atom stereocenters. The van der Waals surface area contributed by atoms with Crippen LogP contribution in [0.15, 0.2) is 18.2 Å². The fourth-order valence-corrected chi connectivity index (χ4v) is 2.57. The van der Waals surface area contributed by atoms with Crippen molar-refractivity contribution >= 4 is 11.4 Å². The molecule has 6 nitrogen and oxygen atoms in total. The lowest BCUT2D eigenvalue weighted by Gasteiger charge is -2.39. The average Bonchev–Trinajstić information content (AvgIpc) is 2.41. The molecule has 1 aromatic rings. The highest BCUT2D eigenvalue weighted by Crippen LogP contribution is 2.35. The molecular formula is C15H22N2O4. The summed E-state index contributed by atoms with van der Waals surface area (Å²) in [7, 11) is 0. The Morgan fingerprint density at radius 1 is 1.48 bits per heavy atom. The van der Waals surface area contributed by atoms with Crippen molar-refractivity contribution < 1.29 is 14.8 Å². The largest absolute Gasteiger partial charge is 0.487 e. The van der Waals surface area contributed by atoms with Crippen molar-refractivity contribution in [3.63, 3.8) is 0 Å². The number of nitro benzene ring substituents is 1. The molecule has 0 aliphatic heterocycles. The van der Waals surface area contributed by atoms with Crippen molar-refractivity contribution in [2.75, 3.05) is 24.7 Å². The van der Waals surface area contributed by atoms with Crippen LogP contribution in [0.2, 0.25) is 0 Å². The molecule has 0 bridgehead atoms. The number of aliphatic hydroxyl groups is 1. The van der Waals surface area contributed by atoms with Gasteiger partial charge in [0.25, 0.3) is 0 Å². The molecule has 1 aliphatic rings. The zero-order valence-electron chi connectivity index (χ0n) is 12.3. The normalized spacial score (nSPS) is 14.6. The van der Waals surface area contributed by atoms with E-state index in [1.807, 2.05) is 6.92 Å². The predicted molar refractivity (Wildman–Crippen MR) is 81.0 cm³/mol. The third-order valence-electron chi connectivity index (χ3n) is 3.84. The number of rotatable bonds is 8. The van der Waals surface area contributed by atoms with Crippen LogP contribution < -0.4 is 9.64 Å². The number of ether oxygens (including phenoxy) is 1. The molecule has 0 amide bonds. The van der Waals surface area contributed by atoms with E-state index >= 15 is 0 Å². The molecule has 1 aliphatic carbocycles. The van der Waals surface area contributed by atoms with Gasteiger partial charge >= 0.3 is 5.69 Å². The van der Waals surface area contributed by atoms with E-state index in [4.69, 9.17) is 9.84 Å². The Balaban J connectivity index is 2.26. The molecule has 0 heterocycles. The summed E-state index contributed by atoms with van der Waals surface area (Å²) in [4.78, 5) is 12.8. The van der Waals surface area contributed by atoms with Crippen molar-refractivity contribution in [3.05, 3.63) is 28.3 Å². The number of hydrogen-bond donors (Lipinski definition) is 1. The Labute approximate surface area is 124 Å². The van der Waals surface area contributed by atoms with Crippen LogP contribution >= 0.6 is 0 Å². The lowest BCUT2D eigenvalue weighted by molar-refractivity contribution is -0.385. The van der Waals surface area contributed by atoms with E-state index in [1.54, 1.807) is 12.1 Å². The average molecular weight is 294 g/mol. The van der Waals surface area contributed by atoms with E-state index in [1.165, 1.54) is 12.5 Å². The Morgan fingerprint density at radius 2 is 2.24 bits per heavy atom. The molecule has 0 aromatic heterocycles. The van der Waals surface area contributed by atoms with Crippen molar-refractivity contribution in [2.24, 2.45) is 0 Å². The Hall–Kier alpha value is -1.82. The van der Waals surface area contributed by atoms with Gasteiger partial charge in [-0.2, -0.15) is 0 Å². The second-order valence-corrected chi connectivity index (χ2v) is 5.20. The first-order valence-electron chi connectivity index (χ1n) is 7.46. The zero-order valence-corrected chi connectivity index (χ0v) is 12.3. The van der Waals surface area contributed by atoms with E-state index in [2.05, 4.69) is 4.90 Å². The van der Waals surface area contributed by atoms with Crippen LogP contribution in [-0.2, 0) is 0 Å². The molecule has 1 aromatic carbocycles. The molecule has 1 saturated carbocycles. The number of nitrogens with zero attached hydrogens (tertiary/aromatic N) is 2. The SMILES string of the molecule is CCOc1cc(N(CCCO)C2CCC2)ccc1[N+](=O)[O-]. The number of benzene rings is 1.